The van der Waals surface area contributed by atoms with E-state index in [0.29, 0.717) is 11.1 Å². The fourth-order valence-corrected chi connectivity index (χ4v) is 2.73. The Kier molecular flexibility index (Phi) is 7.02. The number of aliphatic imine (C=N–C) groups is 1. The van der Waals surface area contributed by atoms with Crippen LogP contribution in [-0.2, 0) is 0 Å². The van der Waals surface area contributed by atoms with Crippen LogP contribution in [0.5, 0.6) is 0 Å². The van der Waals surface area contributed by atoms with Gasteiger partial charge in [-0.2, -0.15) is 0 Å². The second kappa shape index (κ2) is 8.53. The van der Waals surface area contributed by atoms with Gasteiger partial charge in [-0.05, 0) is 48.6 Å². The van der Waals surface area contributed by atoms with Crippen molar-refractivity contribution in [2.75, 3.05) is 7.05 Å². The third kappa shape index (κ3) is 4.60. The summed E-state index contributed by atoms with van der Waals surface area (Å²) in [6, 6.07) is 7.76. The quantitative estimate of drug-likeness (QED) is 0.426. The van der Waals surface area contributed by atoms with Gasteiger partial charge in [0.25, 0.3) is 5.92 Å². The smallest absolute Gasteiger partial charge is 0.270 e. The molecule has 0 saturated heterocycles. The highest BCUT2D eigenvalue weighted by atomic mass is 19.3. The lowest BCUT2D eigenvalue weighted by Gasteiger charge is -2.18. The average molecular weight is 329 g/mol. The van der Waals surface area contributed by atoms with E-state index in [1.165, 1.54) is 6.08 Å². The topological polar surface area (TPSA) is 12.4 Å². The lowest BCUT2D eigenvalue weighted by Crippen LogP contribution is -2.15. The van der Waals surface area contributed by atoms with E-state index in [1.54, 1.807) is 33.2 Å². The maximum absolute atomic E-state index is 13.8. The Balaban J connectivity index is 3.37. The summed E-state index contributed by atoms with van der Waals surface area (Å²) in [5.41, 5.74) is 4.17. The molecule has 3 heteroatoms. The van der Waals surface area contributed by atoms with E-state index in [4.69, 9.17) is 0 Å². The highest BCUT2D eigenvalue weighted by Gasteiger charge is 2.28. The van der Waals surface area contributed by atoms with Crippen LogP contribution in [0.3, 0.4) is 0 Å². The first-order valence-electron chi connectivity index (χ1n) is 7.87. The molecule has 0 fully saturated rings. The summed E-state index contributed by atoms with van der Waals surface area (Å²) in [4.78, 5) is 4.04. The summed E-state index contributed by atoms with van der Waals surface area (Å²) in [6.45, 7) is 10.00. The minimum Gasteiger partial charge on any atom is -0.296 e. The van der Waals surface area contributed by atoms with E-state index >= 15 is 0 Å². The van der Waals surface area contributed by atoms with Crippen LogP contribution in [-0.4, -0.2) is 19.2 Å². The molecule has 1 aromatic rings. The Labute approximate surface area is 143 Å². The van der Waals surface area contributed by atoms with Gasteiger partial charge in [0.15, 0.2) is 0 Å². The Morgan fingerprint density at radius 1 is 1.08 bits per heavy atom. The van der Waals surface area contributed by atoms with Gasteiger partial charge in [-0.1, -0.05) is 49.1 Å². The van der Waals surface area contributed by atoms with Gasteiger partial charge in [0, 0.05) is 25.8 Å². The Bertz CT molecular complexity index is 696. The second-order valence-electron chi connectivity index (χ2n) is 5.54. The molecule has 128 valence electrons. The molecule has 0 saturated carbocycles. The number of rotatable bonds is 6. The molecule has 0 aliphatic heterocycles. The molecule has 24 heavy (non-hydrogen) atoms. The van der Waals surface area contributed by atoms with Crippen LogP contribution in [0.1, 0.15) is 38.8 Å². The van der Waals surface area contributed by atoms with E-state index in [2.05, 4.69) is 11.6 Å². The minimum absolute atomic E-state index is 0.0220. The van der Waals surface area contributed by atoms with Crippen LogP contribution < -0.4 is 0 Å². The van der Waals surface area contributed by atoms with Crippen molar-refractivity contribution in [3.63, 3.8) is 0 Å². The first-order valence-corrected chi connectivity index (χ1v) is 7.87. The van der Waals surface area contributed by atoms with Gasteiger partial charge in [0.05, 0.1) is 0 Å². The maximum Gasteiger partial charge on any atom is 0.270 e. The van der Waals surface area contributed by atoms with Crippen LogP contribution in [0, 0.1) is 0 Å². The van der Waals surface area contributed by atoms with Crippen molar-refractivity contribution in [3.05, 3.63) is 71.3 Å². The maximum atomic E-state index is 13.8. The predicted octanol–water partition coefficient (Wildman–Crippen LogP) is 6.35. The molecule has 0 aliphatic rings. The summed E-state index contributed by atoms with van der Waals surface area (Å²) in [6.07, 6.45) is 6.86. The number of halogens is 2. The molecule has 0 bridgehead atoms. The molecule has 1 rings (SSSR count). The molecule has 0 spiro atoms. The van der Waals surface area contributed by atoms with Crippen molar-refractivity contribution in [3.8, 4) is 0 Å². The molecule has 0 aromatic heterocycles. The lowest BCUT2D eigenvalue weighted by atomic mass is 9.92. The molecule has 0 atom stereocenters. The summed E-state index contributed by atoms with van der Waals surface area (Å²) in [7, 11) is 1.73. The van der Waals surface area contributed by atoms with E-state index in [1.807, 2.05) is 37.3 Å². The largest absolute Gasteiger partial charge is 0.296 e. The molecule has 0 unspecified atom stereocenters. The molecule has 0 N–H and O–H groups in total. The van der Waals surface area contributed by atoms with Crippen LogP contribution in [0.15, 0.2) is 65.2 Å². The third-order valence-electron chi connectivity index (χ3n) is 3.88. The molecular weight excluding hydrogens is 304 g/mol. The minimum atomic E-state index is -2.89. The Hall–Kier alpha value is -2.29. The first-order chi connectivity index (χ1) is 11.3. The fourth-order valence-electron chi connectivity index (χ4n) is 2.73. The van der Waals surface area contributed by atoms with Gasteiger partial charge in [-0.3, -0.25) is 4.99 Å². The third-order valence-corrected chi connectivity index (χ3v) is 3.88. The van der Waals surface area contributed by atoms with Crippen molar-refractivity contribution in [1.82, 2.24) is 0 Å². The second-order valence-corrected chi connectivity index (χ2v) is 5.54. The standard InChI is InChI=1S/C21H25F2N/c1-7-16(14-24-6)17-10-12-18(13-11-17)19(8-2)15(4)20(9-3)21(5,22)23/h7-14H,2H2,1,3-6H3/b16-7+,19-15+,20-9+,24-14?. The van der Waals surface area contributed by atoms with Crippen LogP contribution in [0.2, 0.25) is 0 Å². The van der Waals surface area contributed by atoms with Gasteiger partial charge in [0.1, 0.15) is 0 Å². The van der Waals surface area contributed by atoms with Crippen molar-refractivity contribution in [2.45, 2.75) is 33.6 Å². The Morgan fingerprint density at radius 2 is 1.62 bits per heavy atom. The zero-order valence-electron chi connectivity index (χ0n) is 15.0. The van der Waals surface area contributed by atoms with Crippen LogP contribution >= 0.6 is 0 Å². The van der Waals surface area contributed by atoms with Gasteiger partial charge in [-0.15, -0.1) is 0 Å². The highest BCUT2D eigenvalue weighted by Crippen LogP contribution is 2.34. The van der Waals surface area contributed by atoms with Crippen LogP contribution in [0.25, 0.3) is 11.1 Å². The molecule has 0 aliphatic carbocycles. The number of hydrogen-bond acceptors (Lipinski definition) is 1. The molecule has 1 nitrogen and oxygen atoms in total. The van der Waals surface area contributed by atoms with Crippen molar-refractivity contribution in [1.29, 1.82) is 0 Å². The summed E-state index contributed by atoms with van der Waals surface area (Å²) >= 11 is 0. The number of alkyl halides is 2. The zero-order valence-corrected chi connectivity index (χ0v) is 15.0. The number of allylic oxidation sites excluding steroid dienone is 7. The lowest BCUT2D eigenvalue weighted by molar-refractivity contribution is 0.0659. The summed E-state index contributed by atoms with van der Waals surface area (Å²) in [5.74, 6) is -2.89. The van der Waals surface area contributed by atoms with Crippen LogP contribution in [0.4, 0.5) is 8.78 Å². The van der Waals surface area contributed by atoms with Gasteiger partial charge < -0.3 is 0 Å². The number of hydrogen-bond donors (Lipinski definition) is 0. The van der Waals surface area contributed by atoms with E-state index < -0.39 is 5.92 Å². The number of nitrogens with zero attached hydrogens (tertiary/aromatic N) is 1. The SMILES string of the molecule is C=C/C(=C(C)\C(=C/C)C(C)(F)F)c1ccc(/C(C=NC)=C/C)cc1. The van der Waals surface area contributed by atoms with Gasteiger partial charge >= 0.3 is 0 Å². The predicted molar refractivity (Wildman–Crippen MR) is 102 cm³/mol. The molecule has 0 amide bonds. The molecule has 1 aromatic carbocycles. The van der Waals surface area contributed by atoms with Gasteiger partial charge in [-0.25, -0.2) is 8.78 Å². The monoisotopic (exact) mass is 329 g/mol. The Morgan fingerprint density at radius 3 is 2.00 bits per heavy atom. The van der Waals surface area contributed by atoms with Crippen molar-refractivity contribution in [2.24, 2.45) is 4.99 Å². The highest BCUT2D eigenvalue weighted by molar-refractivity contribution is 6.09. The fraction of sp³-hybridized carbons (Fsp3) is 0.286. The number of benzene rings is 1. The zero-order chi connectivity index (χ0) is 18.3. The van der Waals surface area contributed by atoms with Crippen molar-refractivity contribution < 1.29 is 8.78 Å². The first kappa shape index (κ1) is 19.8. The van der Waals surface area contributed by atoms with E-state index in [9.17, 15) is 8.78 Å². The summed E-state index contributed by atoms with van der Waals surface area (Å²) < 4.78 is 27.6. The molecule has 0 radical (unpaired) electrons. The molecular formula is C21H25F2N. The van der Waals surface area contributed by atoms with Crippen molar-refractivity contribution >= 4 is 17.4 Å². The van der Waals surface area contributed by atoms with Gasteiger partial charge in [0.2, 0.25) is 0 Å². The molecule has 0 heterocycles. The van der Waals surface area contributed by atoms with E-state index in [0.717, 1.165) is 23.6 Å². The summed E-state index contributed by atoms with van der Waals surface area (Å²) in [5, 5.41) is 0. The average Bonchev–Trinajstić information content (AvgIpc) is 2.53. The normalized spacial score (nSPS) is 14.8. The van der Waals surface area contributed by atoms with E-state index in [-0.39, 0.29) is 5.57 Å².